The summed E-state index contributed by atoms with van der Waals surface area (Å²) in [6.07, 6.45) is 7.50. The Hall–Kier alpha value is -3.77. The number of aryl methyl sites for hydroxylation is 1. The van der Waals surface area contributed by atoms with Crippen LogP contribution in [0, 0.1) is 0 Å². The van der Waals surface area contributed by atoms with Crippen LogP contribution in [-0.4, -0.2) is 66.7 Å². The van der Waals surface area contributed by atoms with Gasteiger partial charge in [0.2, 0.25) is 5.88 Å². The van der Waals surface area contributed by atoms with E-state index in [1.165, 1.54) is 33.6 Å². The van der Waals surface area contributed by atoms with Crippen molar-refractivity contribution in [3.05, 3.63) is 103 Å². The lowest BCUT2D eigenvalue weighted by Crippen LogP contribution is -2.54. The quantitative estimate of drug-likeness (QED) is 0.392. The van der Waals surface area contributed by atoms with Crippen LogP contribution < -0.4 is 21.3 Å². The molecule has 3 heterocycles. The number of aliphatic hydroxyl groups excluding tert-OH is 1. The summed E-state index contributed by atoms with van der Waals surface area (Å²) in [6, 6.07) is 7.17. The summed E-state index contributed by atoms with van der Waals surface area (Å²) in [5.74, 6) is -0.544. The Balaban J connectivity index is 1.61. The van der Waals surface area contributed by atoms with E-state index in [9.17, 15) is 19.5 Å². The van der Waals surface area contributed by atoms with Crippen LogP contribution in [0.2, 0.25) is 5.02 Å². The number of aliphatic hydroxyl groups is 1. The number of carbonyl (C=O) groups excluding carboxylic acids is 1. The predicted octanol–water partition coefficient (Wildman–Crippen LogP) is 1.60. The molecule has 1 fully saturated rings. The van der Waals surface area contributed by atoms with Gasteiger partial charge in [-0.05, 0) is 17.2 Å². The number of halogens is 2. The minimum absolute atomic E-state index is 0.224. The Morgan fingerprint density at radius 2 is 1.98 bits per heavy atom. The zero-order valence-electron chi connectivity index (χ0n) is 22.5. The summed E-state index contributed by atoms with van der Waals surface area (Å²) in [4.78, 5) is 50.2. The van der Waals surface area contributed by atoms with Crippen LogP contribution in [-0.2, 0) is 26.2 Å². The highest BCUT2D eigenvalue weighted by atomic mass is 35.5. The van der Waals surface area contributed by atoms with Crippen LogP contribution >= 0.6 is 23.2 Å². The molecule has 2 N–H and O–H groups in total. The predicted molar refractivity (Wildman–Crippen MR) is 154 cm³/mol. The standard InChI is InChI=1S/C28H28Cl2N6O5/c1-34-14-19(26(39)35(2)27(34)40)24(38)33-28(10-6-8-18(23(28)30)17-7-4-5-9-20(17)29)22-11-31-21(25(32-22)41-3)15-36-12-16(37)13-36/h4-11,14,16,23,37H,12-13,15H2,1-3H3,(H,33,38). The molecule has 1 aliphatic carbocycles. The summed E-state index contributed by atoms with van der Waals surface area (Å²) in [5, 5.41) is 12.1. The molecule has 3 aromatic rings. The zero-order valence-corrected chi connectivity index (χ0v) is 24.1. The fraction of sp³-hybridized carbons (Fsp3) is 0.321. The summed E-state index contributed by atoms with van der Waals surface area (Å²) in [7, 11) is 4.21. The van der Waals surface area contributed by atoms with Gasteiger partial charge in [-0.25, -0.2) is 9.78 Å². The van der Waals surface area contributed by atoms with Crippen LogP contribution in [0.3, 0.4) is 0 Å². The molecule has 0 radical (unpaired) electrons. The number of methoxy groups -OCH3 is 1. The number of ether oxygens (including phenoxy) is 1. The molecule has 214 valence electrons. The highest BCUT2D eigenvalue weighted by Gasteiger charge is 2.45. The van der Waals surface area contributed by atoms with Gasteiger partial charge in [0.05, 0.1) is 30.5 Å². The van der Waals surface area contributed by atoms with Crippen molar-refractivity contribution in [2.75, 3.05) is 20.2 Å². The molecule has 13 heteroatoms. The largest absolute Gasteiger partial charge is 0.480 e. The topological polar surface area (TPSA) is 132 Å². The lowest BCUT2D eigenvalue weighted by Gasteiger charge is -2.39. The molecule has 1 aromatic carbocycles. The first-order chi connectivity index (χ1) is 19.6. The number of rotatable bonds is 7. The summed E-state index contributed by atoms with van der Waals surface area (Å²) in [5.41, 5.74) is -1.03. The Morgan fingerprint density at radius 1 is 1.24 bits per heavy atom. The van der Waals surface area contributed by atoms with Crippen LogP contribution in [0.4, 0.5) is 0 Å². The van der Waals surface area contributed by atoms with E-state index in [-0.39, 0.29) is 23.2 Å². The number of carbonyl (C=O) groups is 1. The summed E-state index contributed by atoms with van der Waals surface area (Å²) >= 11 is 13.7. The Labute approximate surface area is 245 Å². The number of hydrogen-bond donors (Lipinski definition) is 2. The van der Waals surface area contributed by atoms with Crippen molar-refractivity contribution in [2.24, 2.45) is 14.1 Å². The maximum absolute atomic E-state index is 13.7. The first-order valence-electron chi connectivity index (χ1n) is 12.7. The van der Waals surface area contributed by atoms with Gasteiger partial charge in [-0.3, -0.25) is 24.0 Å². The minimum Gasteiger partial charge on any atom is -0.480 e. The first-order valence-corrected chi connectivity index (χ1v) is 13.6. The molecule has 5 rings (SSSR count). The molecule has 2 atom stereocenters. The average molecular weight is 599 g/mol. The van der Waals surface area contributed by atoms with Crippen LogP contribution in [0.15, 0.2) is 64.5 Å². The van der Waals surface area contributed by atoms with Crippen molar-refractivity contribution in [1.82, 2.24) is 29.3 Å². The van der Waals surface area contributed by atoms with Crippen molar-refractivity contribution in [3.63, 3.8) is 0 Å². The third-order valence-electron chi connectivity index (χ3n) is 7.24. The van der Waals surface area contributed by atoms with Gasteiger partial charge >= 0.3 is 5.69 Å². The number of nitrogens with one attached hydrogen (secondary N) is 1. The van der Waals surface area contributed by atoms with Gasteiger partial charge in [0.25, 0.3) is 11.5 Å². The van der Waals surface area contributed by atoms with Gasteiger partial charge in [0, 0.05) is 44.9 Å². The van der Waals surface area contributed by atoms with E-state index in [0.717, 1.165) is 9.13 Å². The maximum Gasteiger partial charge on any atom is 0.330 e. The van der Waals surface area contributed by atoms with Crippen molar-refractivity contribution in [1.29, 1.82) is 0 Å². The summed E-state index contributed by atoms with van der Waals surface area (Å²) in [6.45, 7) is 1.44. The highest BCUT2D eigenvalue weighted by Crippen LogP contribution is 2.43. The van der Waals surface area contributed by atoms with Gasteiger partial charge < -0.3 is 19.7 Å². The SMILES string of the molecule is COc1nc(C2(NC(=O)c3cn(C)c(=O)n(C)c3=O)C=CC=C(c3ccccc3Cl)C2Cl)cnc1CN1CC(O)C1. The van der Waals surface area contributed by atoms with Crippen molar-refractivity contribution in [2.45, 2.75) is 23.6 Å². The number of allylic oxidation sites excluding steroid dienone is 2. The third-order valence-corrected chi connectivity index (χ3v) is 8.15. The van der Waals surface area contributed by atoms with Crippen LogP contribution in [0.1, 0.15) is 27.3 Å². The lowest BCUT2D eigenvalue weighted by molar-refractivity contribution is -0.00405. The van der Waals surface area contributed by atoms with E-state index in [2.05, 4.69) is 10.3 Å². The smallest absolute Gasteiger partial charge is 0.330 e. The van der Waals surface area contributed by atoms with E-state index in [1.54, 1.807) is 30.4 Å². The molecular formula is C28H28Cl2N6O5. The molecule has 1 aliphatic heterocycles. The molecular weight excluding hydrogens is 571 g/mol. The second-order valence-electron chi connectivity index (χ2n) is 10.0. The number of hydrogen-bond acceptors (Lipinski definition) is 8. The molecule has 0 saturated carbocycles. The monoisotopic (exact) mass is 598 g/mol. The number of likely N-dealkylation sites (tertiary alicyclic amines) is 1. The van der Waals surface area contributed by atoms with E-state index in [1.807, 2.05) is 17.0 Å². The van der Waals surface area contributed by atoms with Gasteiger partial charge in [-0.15, -0.1) is 11.6 Å². The van der Waals surface area contributed by atoms with Crippen molar-refractivity contribution in [3.8, 4) is 5.88 Å². The van der Waals surface area contributed by atoms with Crippen LogP contribution in [0.5, 0.6) is 5.88 Å². The molecule has 0 spiro atoms. The number of amides is 1. The molecule has 2 aromatic heterocycles. The van der Waals surface area contributed by atoms with E-state index in [4.69, 9.17) is 32.9 Å². The van der Waals surface area contributed by atoms with Gasteiger partial charge in [-0.2, -0.15) is 0 Å². The fourth-order valence-electron chi connectivity index (χ4n) is 4.99. The maximum atomic E-state index is 13.7. The number of nitrogens with zero attached hydrogens (tertiary/aromatic N) is 5. The van der Waals surface area contributed by atoms with Crippen molar-refractivity contribution < 1.29 is 14.6 Å². The Morgan fingerprint density at radius 3 is 2.66 bits per heavy atom. The molecule has 11 nitrogen and oxygen atoms in total. The van der Waals surface area contributed by atoms with E-state index >= 15 is 0 Å². The van der Waals surface area contributed by atoms with Crippen LogP contribution in [0.25, 0.3) is 5.57 Å². The van der Waals surface area contributed by atoms with E-state index in [0.29, 0.717) is 41.5 Å². The van der Waals surface area contributed by atoms with Gasteiger partial charge in [-0.1, -0.05) is 48.0 Å². The average Bonchev–Trinajstić information content (AvgIpc) is 2.94. The molecule has 1 saturated heterocycles. The van der Waals surface area contributed by atoms with Gasteiger partial charge in [0.1, 0.15) is 16.8 Å². The summed E-state index contributed by atoms with van der Waals surface area (Å²) < 4.78 is 7.57. The number of alkyl halides is 1. The van der Waals surface area contributed by atoms with E-state index < -0.39 is 28.1 Å². The normalized spacial score (nSPS) is 20.8. The van der Waals surface area contributed by atoms with Crippen molar-refractivity contribution >= 4 is 34.7 Å². The second-order valence-corrected chi connectivity index (χ2v) is 10.8. The third kappa shape index (κ3) is 5.21. The highest BCUT2D eigenvalue weighted by molar-refractivity contribution is 6.34. The lowest BCUT2D eigenvalue weighted by atomic mass is 9.80. The number of β-amino-alcohol motifs (C(OH)–C–C–N with tert-alkyl or cyclic N) is 1. The fourth-order valence-corrected chi connectivity index (χ4v) is 5.67. The Bertz CT molecular complexity index is 1690. The first kappa shape index (κ1) is 28.7. The molecule has 2 unspecified atom stereocenters. The Kier molecular flexibility index (Phi) is 7.89. The molecule has 0 bridgehead atoms. The second kappa shape index (κ2) is 11.2. The molecule has 2 aliphatic rings. The number of benzene rings is 1. The molecule has 1 amide bonds. The molecule has 41 heavy (non-hydrogen) atoms. The minimum atomic E-state index is -1.51. The van der Waals surface area contributed by atoms with Gasteiger partial charge in [0.15, 0.2) is 0 Å². The number of aromatic nitrogens is 4. The zero-order chi connectivity index (χ0) is 29.5.